The molecule has 2 aromatic carbocycles. The van der Waals surface area contributed by atoms with Crippen LogP contribution in [-0.4, -0.2) is 45.6 Å². The summed E-state index contributed by atoms with van der Waals surface area (Å²) < 4.78 is 12.2. The molecule has 0 spiro atoms. The predicted molar refractivity (Wildman–Crippen MR) is 115 cm³/mol. The van der Waals surface area contributed by atoms with Crippen molar-refractivity contribution in [3.05, 3.63) is 53.1 Å². The number of tetrazole rings is 1. The molecule has 1 unspecified atom stereocenters. The van der Waals surface area contributed by atoms with Crippen molar-refractivity contribution in [2.24, 2.45) is 0 Å². The van der Waals surface area contributed by atoms with E-state index >= 15 is 0 Å². The number of hydrogen-bond acceptors (Lipinski definition) is 7. The van der Waals surface area contributed by atoms with Crippen LogP contribution in [0.4, 0.5) is 0 Å². The zero-order valence-electron chi connectivity index (χ0n) is 17.7. The van der Waals surface area contributed by atoms with E-state index in [4.69, 9.17) is 9.47 Å². The minimum Gasteiger partial charge on any atom is -0.493 e. The van der Waals surface area contributed by atoms with E-state index in [1.165, 1.54) is 17.3 Å². The van der Waals surface area contributed by atoms with Gasteiger partial charge >= 0.3 is 0 Å². The minimum atomic E-state index is -0.374. The van der Waals surface area contributed by atoms with Crippen LogP contribution in [0.3, 0.4) is 0 Å². The van der Waals surface area contributed by atoms with Crippen LogP contribution in [0.5, 0.6) is 11.5 Å². The van der Waals surface area contributed by atoms with Gasteiger partial charge in [0.25, 0.3) is 0 Å². The highest BCUT2D eigenvalue weighted by atomic mass is 32.2. The van der Waals surface area contributed by atoms with Gasteiger partial charge in [0.2, 0.25) is 11.1 Å². The standard InChI is InChI=1S/C21H25N5O3S/c1-13-6-8-17(14(2)10-13)26-21(23-24-25-26)30-15(3)20(27)22-12-16-7-9-18(28-4)19(11-16)29-5/h6-11,15H,12H2,1-5H3,(H,22,27). The third-order valence-electron chi connectivity index (χ3n) is 4.59. The Balaban J connectivity index is 1.65. The molecular formula is C21H25N5O3S. The number of hydrogen-bond donors (Lipinski definition) is 1. The molecule has 158 valence electrons. The van der Waals surface area contributed by atoms with Crippen molar-refractivity contribution in [1.82, 2.24) is 25.5 Å². The zero-order valence-corrected chi connectivity index (χ0v) is 18.5. The molecule has 0 aliphatic rings. The SMILES string of the molecule is COc1ccc(CNC(=O)C(C)Sc2nnnn2-c2ccc(C)cc2C)cc1OC. The van der Waals surface area contributed by atoms with Crippen molar-refractivity contribution in [2.75, 3.05) is 14.2 Å². The van der Waals surface area contributed by atoms with Gasteiger partial charge in [0.05, 0.1) is 25.2 Å². The quantitative estimate of drug-likeness (QED) is 0.552. The summed E-state index contributed by atoms with van der Waals surface area (Å²) in [6, 6.07) is 11.6. The number of rotatable bonds is 8. The van der Waals surface area contributed by atoms with Gasteiger partial charge in [-0.15, -0.1) is 5.10 Å². The number of amides is 1. The normalized spacial score (nSPS) is 11.8. The summed E-state index contributed by atoms with van der Waals surface area (Å²) in [7, 11) is 3.17. The summed E-state index contributed by atoms with van der Waals surface area (Å²) >= 11 is 1.31. The van der Waals surface area contributed by atoms with E-state index in [9.17, 15) is 4.79 Å². The van der Waals surface area contributed by atoms with Gasteiger partial charge in [-0.2, -0.15) is 4.68 Å². The van der Waals surface area contributed by atoms with Crippen LogP contribution < -0.4 is 14.8 Å². The lowest BCUT2D eigenvalue weighted by Gasteiger charge is -2.14. The topological polar surface area (TPSA) is 91.2 Å². The molecule has 0 radical (unpaired) electrons. The van der Waals surface area contributed by atoms with Crippen LogP contribution >= 0.6 is 11.8 Å². The molecule has 3 rings (SSSR count). The Morgan fingerprint density at radius 1 is 1.13 bits per heavy atom. The Morgan fingerprint density at radius 2 is 1.90 bits per heavy atom. The molecule has 0 aliphatic carbocycles. The van der Waals surface area contributed by atoms with E-state index in [0.29, 0.717) is 23.2 Å². The van der Waals surface area contributed by atoms with Gasteiger partial charge in [0, 0.05) is 6.54 Å². The lowest BCUT2D eigenvalue weighted by molar-refractivity contribution is -0.120. The van der Waals surface area contributed by atoms with Gasteiger partial charge in [0.1, 0.15) is 0 Å². The van der Waals surface area contributed by atoms with E-state index < -0.39 is 0 Å². The molecular weight excluding hydrogens is 402 g/mol. The molecule has 0 bridgehead atoms. The van der Waals surface area contributed by atoms with E-state index in [2.05, 4.69) is 26.9 Å². The van der Waals surface area contributed by atoms with Gasteiger partial charge < -0.3 is 14.8 Å². The number of benzene rings is 2. The molecule has 0 saturated heterocycles. The number of aromatic nitrogens is 4. The number of nitrogens with zero attached hydrogens (tertiary/aromatic N) is 4. The molecule has 9 heteroatoms. The minimum absolute atomic E-state index is 0.107. The van der Waals surface area contributed by atoms with Gasteiger partial charge in [-0.25, -0.2) is 0 Å². The van der Waals surface area contributed by atoms with Crippen LogP contribution in [-0.2, 0) is 11.3 Å². The molecule has 0 fully saturated rings. The summed E-state index contributed by atoms with van der Waals surface area (Å²) in [5.41, 5.74) is 4.04. The van der Waals surface area contributed by atoms with E-state index in [1.54, 1.807) is 18.9 Å². The molecule has 30 heavy (non-hydrogen) atoms. The van der Waals surface area contributed by atoms with Crippen molar-refractivity contribution < 1.29 is 14.3 Å². The van der Waals surface area contributed by atoms with Gasteiger partial charge in [-0.1, -0.05) is 35.5 Å². The van der Waals surface area contributed by atoms with Crippen molar-refractivity contribution in [2.45, 2.75) is 37.7 Å². The number of carbonyl (C=O) groups excluding carboxylic acids is 1. The van der Waals surface area contributed by atoms with E-state index in [1.807, 2.05) is 51.1 Å². The van der Waals surface area contributed by atoms with Gasteiger partial charge in [0.15, 0.2) is 11.5 Å². The fourth-order valence-corrected chi connectivity index (χ4v) is 3.81. The highest BCUT2D eigenvalue weighted by molar-refractivity contribution is 8.00. The molecule has 1 N–H and O–H groups in total. The second-order valence-corrected chi connectivity index (χ2v) is 8.14. The van der Waals surface area contributed by atoms with Crippen molar-refractivity contribution in [1.29, 1.82) is 0 Å². The average Bonchev–Trinajstić information content (AvgIpc) is 3.19. The monoisotopic (exact) mass is 427 g/mol. The number of aryl methyl sites for hydroxylation is 2. The Morgan fingerprint density at radius 3 is 2.60 bits per heavy atom. The van der Waals surface area contributed by atoms with E-state index in [0.717, 1.165) is 16.8 Å². The number of methoxy groups -OCH3 is 2. The highest BCUT2D eigenvalue weighted by Crippen LogP contribution is 2.28. The van der Waals surface area contributed by atoms with Crippen LogP contribution in [0.25, 0.3) is 5.69 Å². The first kappa shape index (κ1) is 21.6. The largest absolute Gasteiger partial charge is 0.493 e. The predicted octanol–water partition coefficient (Wildman–Crippen LogP) is 3.09. The third-order valence-corrected chi connectivity index (χ3v) is 5.62. The Hall–Kier alpha value is -3.07. The third kappa shape index (κ3) is 4.91. The first-order valence-corrected chi connectivity index (χ1v) is 10.3. The first-order valence-electron chi connectivity index (χ1n) is 9.44. The fourth-order valence-electron chi connectivity index (χ4n) is 2.98. The first-order chi connectivity index (χ1) is 14.4. The summed E-state index contributed by atoms with van der Waals surface area (Å²) in [6.07, 6.45) is 0. The Bertz CT molecular complexity index is 1040. The van der Waals surface area contributed by atoms with Gasteiger partial charge in [-0.05, 0) is 60.5 Å². The number of carbonyl (C=O) groups is 1. The van der Waals surface area contributed by atoms with Crippen molar-refractivity contribution in [3.8, 4) is 17.2 Å². The van der Waals surface area contributed by atoms with Gasteiger partial charge in [-0.3, -0.25) is 4.79 Å². The zero-order chi connectivity index (χ0) is 21.7. The van der Waals surface area contributed by atoms with Crippen molar-refractivity contribution in [3.63, 3.8) is 0 Å². The number of thioether (sulfide) groups is 1. The lowest BCUT2D eigenvalue weighted by Crippen LogP contribution is -2.30. The summed E-state index contributed by atoms with van der Waals surface area (Å²) in [5, 5.41) is 15.1. The highest BCUT2D eigenvalue weighted by Gasteiger charge is 2.20. The molecule has 1 heterocycles. The number of ether oxygens (including phenoxy) is 2. The Labute approximate surface area is 180 Å². The molecule has 1 atom stereocenters. The maximum absolute atomic E-state index is 12.6. The average molecular weight is 428 g/mol. The van der Waals surface area contributed by atoms with Crippen LogP contribution in [0.1, 0.15) is 23.6 Å². The summed E-state index contributed by atoms with van der Waals surface area (Å²) in [4.78, 5) is 12.6. The van der Waals surface area contributed by atoms with Crippen molar-refractivity contribution >= 4 is 17.7 Å². The molecule has 3 aromatic rings. The Kier molecular flexibility index (Phi) is 6.94. The second-order valence-electron chi connectivity index (χ2n) is 6.83. The van der Waals surface area contributed by atoms with E-state index in [-0.39, 0.29) is 11.2 Å². The molecule has 0 aliphatic heterocycles. The molecule has 1 amide bonds. The molecule has 1 aromatic heterocycles. The molecule has 0 saturated carbocycles. The summed E-state index contributed by atoms with van der Waals surface area (Å²) in [6.45, 7) is 6.26. The maximum Gasteiger partial charge on any atom is 0.233 e. The van der Waals surface area contributed by atoms with Crippen LogP contribution in [0.15, 0.2) is 41.6 Å². The smallest absolute Gasteiger partial charge is 0.233 e. The number of nitrogens with one attached hydrogen (secondary N) is 1. The summed E-state index contributed by atoms with van der Waals surface area (Å²) in [5.74, 6) is 1.17. The van der Waals surface area contributed by atoms with Crippen LogP contribution in [0.2, 0.25) is 0 Å². The molecule has 8 nitrogen and oxygen atoms in total. The second kappa shape index (κ2) is 9.62. The fraction of sp³-hybridized carbons (Fsp3) is 0.333. The maximum atomic E-state index is 12.6. The van der Waals surface area contributed by atoms with Crippen LogP contribution in [0, 0.1) is 13.8 Å². The lowest BCUT2D eigenvalue weighted by atomic mass is 10.1.